The summed E-state index contributed by atoms with van der Waals surface area (Å²) < 4.78 is 1.13. The van der Waals surface area contributed by atoms with E-state index in [0.717, 1.165) is 35.5 Å². The predicted octanol–water partition coefficient (Wildman–Crippen LogP) is 3.26. The molecule has 2 aromatic rings. The number of aliphatic imine (C=N–C) groups is 1. The Morgan fingerprint density at radius 3 is 2.73 bits per heavy atom. The average molecular weight is 412 g/mol. The number of anilines is 1. The van der Waals surface area contributed by atoms with Crippen LogP contribution in [0.1, 0.15) is 17.5 Å². The number of rotatable bonds is 4. The maximum Gasteiger partial charge on any atom is 0.191 e. The highest BCUT2D eigenvalue weighted by atomic mass is 79.9. The Balaban J connectivity index is 1.52. The van der Waals surface area contributed by atoms with Crippen molar-refractivity contribution in [3.05, 3.63) is 64.1 Å². The summed E-state index contributed by atoms with van der Waals surface area (Å²) in [5.41, 5.74) is 3.03. The van der Waals surface area contributed by atoms with Crippen LogP contribution in [-0.4, -0.2) is 32.1 Å². The Kier molecular flexibility index (Phi) is 6.13. The minimum Gasteiger partial charge on any atom is -0.368 e. The van der Waals surface area contributed by atoms with Gasteiger partial charge in [0.15, 0.2) is 5.96 Å². The molecule has 3 rings (SSSR count). The molecule has 0 amide bonds. The second-order valence-electron chi connectivity index (χ2n) is 6.26. The van der Waals surface area contributed by atoms with Crippen molar-refractivity contribution < 1.29 is 0 Å². The maximum atomic E-state index is 8.86. The Morgan fingerprint density at radius 1 is 1.27 bits per heavy atom. The first-order valence-electron chi connectivity index (χ1n) is 8.65. The molecule has 0 spiro atoms. The number of benzene rings is 2. The van der Waals surface area contributed by atoms with Gasteiger partial charge < -0.3 is 15.5 Å². The maximum absolute atomic E-state index is 8.86. The molecule has 1 fully saturated rings. The monoisotopic (exact) mass is 411 g/mol. The van der Waals surface area contributed by atoms with Crippen molar-refractivity contribution in [2.45, 2.75) is 19.0 Å². The summed E-state index contributed by atoms with van der Waals surface area (Å²) in [6.07, 6.45) is 1.07. The molecule has 5 nitrogen and oxygen atoms in total. The summed E-state index contributed by atoms with van der Waals surface area (Å²) in [5.74, 6) is 0.799. The molecule has 134 valence electrons. The molecule has 6 heteroatoms. The molecule has 0 bridgehead atoms. The molecule has 2 N–H and O–H groups in total. The fourth-order valence-electron chi connectivity index (χ4n) is 3.08. The van der Waals surface area contributed by atoms with Gasteiger partial charge in [-0.1, -0.05) is 24.3 Å². The van der Waals surface area contributed by atoms with E-state index in [4.69, 9.17) is 5.26 Å². The van der Waals surface area contributed by atoms with Gasteiger partial charge in [-0.05, 0) is 52.2 Å². The third kappa shape index (κ3) is 4.55. The number of halogens is 1. The van der Waals surface area contributed by atoms with E-state index in [2.05, 4.69) is 60.7 Å². The third-order valence-corrected chi connectivity index (χ3v) is 5.16. The zero-order valence-corrected chi connectivity index (χ0v) is 16.3. The summed E-state index contributed by atoms with van der Waals surface area (Å²) in [7, 11) is 1.79. The lowest BCUT2D eigenvalue weighted by Crippen LogP contribution is -2.44. The van der Waals surface area contributed by atoms with E-state index >= 15 is 0 Å². The van der Waals surface area contributed by atoms with E-state index < -0.39 is 0 Å². The molecule has 2 aromatic carbocycles. The van der Waals surface area contributed by atoms with Crippen LogP contribution in [0.15, 0.2) is 58.0 Å². The number of hydrogen-bond acceptors (Lipinski definition) is 3. The van der Waals surface area contributed by atoms with Crippen molar-refractivity contribution >= 4 is 27.6 Å². The van der Waals surface area contributed by atoms with Crippen LogP contribution >= 0.6 is 15.9 Å². The molecular formula is C20H22BrN5. The molecule has 1 aliphatic heterocycles. The number of hydrogen-bond donors (Lipinski definition) is 2. The van der Waals surface area contributed by atoms with Gasteiger partial charge in [0, 0.05) is 37.2 Å². The van der Waals surface area contributed by atoms with Gasteiger partial charge in [0.25, 0.3) is 0 Å². The summed E-state index contributed by atoms with van der Waals surface area (Å²) in [5, 5.41) is 15.7. The van der Waals surface area contributed by atoms with E-state index in [-0.39, 0.29) is 0 Å². The van der Waals surface area contributed by atoms with Crippen molar-refractivity contribution in [2.75, 3.05) is 25.0 Å². The van der Waals surface area contributed by atoms with Gasteiger partial charge in [-0.25, -0.2) is 0 Å². The standard InChI is InChI=1S/C20H22BrN5/c1-23-20(24-13-16-8-6-15(12-22)7-9-16)25-17-10-11-26(14-17)19-5-3-2-4-18(19)21/h2-9,17H,10-11,13-14H2,1H3,(H2,23,24,25). The van der Waals surface area contributed by atoms with Crippen LogP contribution in [0.2, 0.25) is 0 Å². The van der Waals surface area contributed by atoms with E-state index in [1.807, 2.05) is 30.3 Å². The fourth-order valence-corrected chi connectivity index (χ4v) is 3.61. The van der Waals surface area contributed by atoms with E-state index in [0.29, 0.717) is 18.2 Å². The van der Waals surface area contributed by atoms with Crippen LogP contribution in [0.5, 0.6) is 0 Å². The highest BCUT2D eigenvalue weighted by Crippen LogP contribution is 2.28. The van der Waals surface area contributed by atoms with Crippen LogP contribution in [0.25, 0.3) is 0 Å². The Bertz CT molecular complexity index is 810. The van der Waals surface area contributed by atoms with Crippen LogP contribution in [-0.2, 0) is 6.54 Å². The lowest BCUT2D eigenvalue weighted by Gasteiger charge is -2.21. The third-order valence-electron chi connectivity index (χ3n) is 4.49. The molecule has 26 heavy (non-hydrogen) atoms. The lowest BCUT2D eigenvalue weighted by atomic mass is 10.1. The molecule has 1 heterocycles. The molecule has 0 aromatic heterocycles. The summed E-state index contributed by atoms with van der Waals surface area (Å²) in [4.78, 5) is 6.71. The van der Waals surface area contributed by atoms with Gasteiger partial charge >= 0.3 is 0 Å². The Labute approximate surface area is 162 Å². The number of para-hydroxylation sites is 1. The van der Waals surface area contributed by atoms with Gasteiger partial charge in [0.1, 0.15) is 0 Å². The van der Waals surface area contributed by atoms with Crippen LogP contribution < -0.4 is 15.5 Å². The second-order valence-corrected chi connectivity index (χ2v) is 7.12. The molecule has 1 atom stereocenters. The first-order valence-corrected chi connectivity index (χ1v) is 9.44. The minimum absolute atomic E-state index is 0.356. The van der Waals surface area contributed by atoms with E-state index in [9.17, 15) is 0 Å². The Morgan fingerprint density at radius 2 is 2.04 bits per heavy atom. The van der Waals surface area contributed by atoms with Crippen molar-refractivity contribution in [2.24, 2.45) is 4.99 Å². The molecule has 0 radical (unpaired) electrons. The van der Waals surface area contributed by atoms with Crippen molar-refractivity contribution in [3.8, 4) is 6.07 Å². The van der Waals surface area contributed by atoms with Gasteiger partial charge in [0.2, 0.25) is 0 Å². The number of nitrogens with one attached hydrogen (secondary N) is 2. The molecule has 0 saturated carbocycles. The molecule has 1 aliphatic rings. The second kappa shape index (κ2) is 8.72. The molecular weight excluding hydrogens is 390 g/mol. The smallest absolute Gasteiger partial charge is 0.191 e. The minimum atomic E-state index is 0.356. The zero-order valence-electron chi connectivity index (χ0n) is 14.7. The zero-order chi connectivity index (χ0) is 18.4. The van der Waals surface area contributed by atoms with Gasteiger partial charge in [0.05, 0.1) is 17.3 Å². The van der Waals surface area contributed by atoms with Gasteiger partial charge in [-0.2, -0.15) is 5.26 Å². The van der Waals surface area contributed by atoms with Gasteiger partial charge in [-0.3, -0.25) is 4.99 Å². The van der Waals surface area contributed by atoms with Crippen LogP contribution in [0.4, 0.5) is 5.69 Å². The summed E-state index contributed by atoms with van der Waals surface area (Å²) >= 11 is 3.63. The first kappa shape index (κ1) is 18.3. The first-order chi connectivity index (χ1) is 12.7. The predicted molar refractivity (Wildman–Crippen MR) is 109 cm³/mol. The topological polar surface area (TPSA) is 63.5 Å². The Hall–Kier alpha value is -2.52. The quantitative estimate of drug-likeness (QED) is 0.598. The van der Waals surface area contributed by atoms with Crippen molar-refractivity contribution in [3.63, 3.8) is 0 Å². The highest BCUT2D eigenvalue weighted by molar-refractivity contribution is 9.10. The number of nitrogens with zero attached hydrogens (tertiary/aromatic N) is 3. The fraction of sp³-hybridized carbons (Fsp3) is 0.300. The number of guanidine groups is 1. The van der Waals surface area contributed by atoms with E-state index in [1.165, 1.54) is 5.69 Å². The van der Waals surface area contributed by atoms with E-state index in [1.54, 1.807) is 7.05 Å². The van der Waals surface area contributed by atoms with Gasteiger partial charge in [-0.15, -0.1) is 0 Å². The van der Waals surface area contributed by atoms with Crippen LogP contribution in [0, 0.1) is 11.3 Å². The largest absolute Gasteiger partial charge is 0.368 e. The SMILES string of the molecule is CN=C(NCc1ccc(C#N)cc1)NC1CCN(c2ccccc2Br)C1. The molecule has 1 unspecified atom stereocenters. The van der Waals surface area contributed by atoms with Crippen molar-refractivity contribution in [1.82, 2.24) is 10.6 Å². The molecule has 0 aliphatic carbocycles. The highest BCUT2D eigenvalue weighted by Gasteiger charge is 2.24. The molecule has 1 saturated heterocycles. The summed E-state index contributed by atoms with van der Waals surface area (Å²) in [6, 6.07) is 18.4. The number of nitriles is 1. The normalized spacial score (nSPS) is 17.0. The van der Waals surface area contributed by atoms with Crippen LogP contribution in [0.3, 0.4) is 0 Å². The van der Waals surface area contributed by atoms with Crippen molar-refractivity contribution in [1.29, 1.82) is 5.26 Å². The lowest BCUT2D eigenvalue weighted by molar-refractivity contribution is 0.648. The average Bonchev–Trinajstić information content (AvgIpc) is 3.14. The summed E-state index contributed by atoms with van der Waals surface area (Å²) in [6.45, 7) is 2.64.